The Labute approximate surface area is 127 Å². The Hall–Kier alpha value is -3.02. The molecular formula is C16H14N2O4. The van der Waals surface area contributed by atoms with E-state index in [9.17, 15) is 14.7 Å². The van der Waals surface area contributed by atoms with Crippen LogP contribution in [0.25, 0.3) is 0 Å². The van der Waals surface area contributed by atoms with E-state index in [0.29, 0.717) is 29.8 Å². The van der Waals surface area contributed by atoms with Gasteiger partial charge in [0.1, 0.15) is 5.75 Å². The molecule has 0 radical (unpaired) electrons. The molecule has 0 bridgehead atoms. The minimum absolute atomic E-state index is 0.104. The molecule has 0 unspecified atom stereocenters. The summed E-state index contributed by atoms with van der Waals surface area (Å²) in [5.41, 5.74) is 1.57. The first-order valence-electron chi connectivity index (χ1n) is 6.61. The van der Waals surface area contributed by atoms with Gasteiger partial charge in [-0.2, -0.15) is 10.2 Å². The van der Waals surface area contributed by atoms with E-state index in [0.717, 1.165) is 0 Å². The second kappa shape index (κ2) is 7.12. The molecule has 0 aromatic heterocycles. The Morgan fingerprint density at radius 2 is 1.77 bits per heavy atom. The van der Waals surface area contributed by atoms with Crippen LogP contribution in [0.3, 0.4) is 0 Å². The van der Waals surface area contributed by atoms with Gasteiger partial charge in [-0.3, -0.25) is 4.79 Å². The number of esters is 1. The molecule has 6 nitrogen and oxygen atoms in total. The quantitative estimate of drug-likeness (QED) is 0.516. The van der Waals surface area contributed by atoms with Crippen molar-refractivity contribution < 1.29 is 19.4 Å². The molecular weight excluding hydrogens is 284 g/mol. The third-order valence-electron chi connectivity index (χ3n) is 2.80. The Bertz CT molecular complexity index is 709. The number of aldehydes is 1. The van der Waals surface area contributed by atoms with Crippen LogP contribution >= 0.6 is 0 Å². The van der Waals surface area contributed by atoms with E-state index in [1.807, 2.05) is 0 Å². The largest absolute Gasteiger partial charge is 0.507 e. The first-order valence-corrected chi connectivity index (χ1v) is 6.61. The minimum Gasteiger partial charge on any atom is -0.507 e. The van der Waals surface area contributed by atoms with Gasteiger partial charge in [0.15, 0.2) is 6.29 Å². The summed E-state index contributed by atoms with van der Waals surface area (Å²) in [5, 5.41) is 17.4. The minimum atomic E-state index is -0.389. The van der Waals surface area contributed by atoms with Crippen LogP contribution in [0.15, 0.2) is 52.7 Å². The molecule has 0 fully saturated rings. The first-order chi connectivity index (χ1) is 10.6. The molecule has 0 spiro atoms. The van der Waals surface area contributed by atoms with E-state index in [2.05, 4.69) is 10.2 Å². The lowest BCUT2D eigenvalue weighted by atomic mass is 10.2. The van der Waals surface area contributed by atoms with Crippen LogP contribution < -0.4 is 0 Å². The predicted octanol–water partition coefficient (Wildman–Crippen LogP) is 3.80. The van der Waals surface area contributed by atoms with Crippen molar-refractivity contribution in [2.75, 3.05) is 6.61 Å². The number of ether oxygens (including phenoxy) is 1. The topological polar surface area (TPSA) is 88.3 Å². The van der Waals surface area contributed by atoms with Crippen molar-refractivity contribution in [1.29, 1.82) is 0 Å². The molecule has 0 atom stereocenters. The molecule has 0 aliphatic rings. The van der Waals surface area contributed by atoms with Crippen molar-refractivity contribution in [3.8, 4) is 5.75 Å². The molecule has 0 aliphatic heterocycles. The summed E-state index contributed by atoms with van der Waals surface area (Å²) >= 11 is 0. The summed E-state index contributed by atoms with van der Waals surface area (Å²) < 4.78 is 4.88. The number of phenolic OH excluding ortho intramolecular Hbond substituents is 1. The Kier molecular flexibility index (Phi) is 4.98. The Morgan fingerprint density at radius 1 is 1.14 bits per heavy atom. The van der Waals surface area contributed by atoms with Crippen molar-refractivity contribution in [2.24, 2.45) is 10.2 Å². The molecule has 2 aromatic carbocycles. The van der Waals surface area contributed by atoms with Crippen LogP contribution in [-0.2, 0) is 4.74 Å². The molecule has 6 heteroatoms. The number of phenols is 1. The molecule has 0 saturated heterocycles. The maximum Gasteiger partial charge on any atom is 0.338 e. The highest BCUT2D eigenvalue weighted by Gasteiger charge is 2.05. The monoisotopic (exact) mass is 298 g/mol. The van der Waals surface area contributed by atoms with E-state index in [-0.39, 0.29) is 17.3 Å². The number of carbonyl (C=O) groups excluding carboxylic acids is 2. The lowest BCUT2D eigenvalue weighted by Crippen LogP contribution is -2.03. The van der Waals surface area contributed by atoms with E-state index < -0.39 is 0 Å². The summed E-state index contributed by atoms with van der Waals surface area (Å²) in [6.07, 6.45) is 0.544. The van der Waals surface area contributed by atoms with E-state index in [4.69, 9.17) is 4.74 Å². The van der Waals surface area contributed by atoms with Gasteiger partial charge in [0.2, 0.25) is 0 Å². The SMILES string of the molecule is CCOC(=O)c1ccc(N=Nc2ccc(O)c(C=O)c2)cc1. The van der Waals surface area contributed by atoms with Crippen molar-refractivity contribution >= 4 is 23.6 Å². The average Bonchev–Trinajstić information content (AvgIpc) is 2.55. The van der Waals surface area contributed by atoms with Gasteiger partial charge in [0.05, 0.1) is 29.1 Å². The molecule has 112 valence electrons. The van der Waals surface area contributed by atoms with Crippen LogP contribution in [0.2, 0.25) is 0 Å². The zero-order valence-electron chi connectivity index (χ0n) is 11.9. The van der Waals surface area contributed by atoms with Crippen molar-refractivity contribution in [1.82, 2.24) is 0 Å². The third-order valence-corrected chi connectivity index (χ3v) is 2.80. The van der Waals surface area contributed by atoms with Gasteiger partial charge in [0.25, 0.3) is 0 Å². The first kappa shape index (κ1) is 15.4. The third kappa shape index (κ3) is 3.76. The number of rotatable bonds is 5. The fourth-order valence-electron chi connectivity index (χ4n) is 1.69. The van der Waals surface area contributed by atoms with Gasteiger partial charge in [-0.05, 0) is 49.4 Å². The second-order valence-corrected chi connectivity index (χ2v) is 4.33. The van der Waals surface area contributed by atoms with Crippen LogP contribution in [-0.4, -0.2) is 24.0 Å². The van der Waals surface area contributed by atoms with Gasteiger partial charge in [-0.25, -0.2) is 4.79 Å². The molecule has 0 heterocycles. The van der Waals surface area contributed by atoms with Crippen molar-refractivity contribution in [3.63, 3.8) is 0 Å². The number of azo groups is 1. The zero-order chi connectivity index (χ0) is 15.9. The van der Waals surface area contributed by atoms with Crippen LogP contribution in [0.1, 0.15) is 27.6 Å². The highest BCUT2D eigenvalue weighted by Crippen LogP contribution is 2.24. The summed E-state index contributed by atoms with van der Waals surface area (Å²) in [6.45, 7) is 2.06. The molecule has 22 heavy (non-hydrogen) atoms. The highest BCUT2D eigenvalue weighted by molar-refractivity contribution is 5.89. The van der Waals surface area contributed by atoms with Gasteiger partial charge in [-0.1, -0.05) is 0 Å². The molecule has 1 N–H and O–H groups in total. The second-order valence-electron chi connectivity index (χ2n) is 4.33. The van der Waals surface area contributed by atoms with E-state index in [1.54, 1.807) is 37.3 Å². The van der Waals surface area contributed by atoms with Gasteiger partial charge in [-0.15, -0.1) is 0 Å². The van der Waals surface area contributed by atoms with Gasteiger partial charge in [0, 0.05) is 0 Å². The van der Waals surface area contributed by atoms with E-state index >= 15 is 0 Å². The van der Waals surface area contributed by atoms with Crippen molar-refractivity contribution in [2.45, 2.75) is 6.92 Å². The number of benzene rings is 2. The number of hydrogen-bond acceptors (Lipinski definition) is 6. The van der Waals surface area contributed by atoms with Gasteiger partial charge < -0.3 is 9.84 Å². The highest BCUT2D eigenvalue weighted by atomic mass is 16.5. The fourth-order valence-corrected chi connectivity index (χ4v) is 1.69. The Balaban J connectivity index is 2.13. The van der Waals surface area contributed by atoms with Crippen LogP contribution in [0, 0.1) is 0 Å². The maximum atomic E-state index is 11.5. The average molecular weight is 298 g/mol. The molecule has 2 rings (SSSR count). The van der Waals surface area contributed by atoms with Gasteiger partial charge >= 0.3 is 5.97 Å². The zero-order valence-corrected chi connectivity index (χ0v) is 11.9. The molecule has 0 aliphatic carbocycles. The van der Waals surface area contributed by atoms with E-state index in [1.165, 1.54) is 12.1 Å². The number of nitrogens with zero attached hydrogens (tertiary/aromatic N) is 2. The fraction of sp³-hybridized carbons (Fsp3) is 0.125. The summed E-state index contributed by atoms with van der Waals surface area (Å²) in [4.78, 5) is 22.2. The van der Waals surface area contributed by atoms with Crippen molar-refractivity contribution in [3.05, 3.63) is 53.6 Å². The van der Waals surface area contributed by atoms with Crippen LogP contribution in [0.4, 0.5) is 11.4 Å². The summed E-state index contributed by atoms with van der Waals surface area (Å²) in [5.74, 6) is -0.493. The molecule has 2 aromatic rings. The summed E-state index contributed by atoms with van der Waals surface area (Å²) in [6, 6.07) is 10.8. The number of carbonyl (C=O) groups is 2. The predicted molar refractivity (Wildman–Crippen MR) is 80.1 cm³/mol. The lowest BCUT2D eigenvalue weighted by molar-refractivity contribution is 0.0526. The van der Waals surface area contributed by atoms with Crippen LogP contribution in [0.5, 0.6) is 5.75 Å². The number of hydrogen-bond donors (Lipinski definition) is 1. The number of aromatic hydroxyl groups is 1. The Morgan fingerprint density at radius 3 is 2.41 bits per heavy atom. The molecule has 0 amide bonds. The maximum absolute atomic E-state index is 11.5. The standard InChI is InChI=1S/C16H14N2O4/c1-2-22-16(21)11-3-5-13(6-4-11)17-18-14-7-8-15(20)12(9-14)10-19/h3-10,20H,2H2,1H3. The molecule has 0 saturated carbocycles. The lowest BCUT2D eigenvalue weighted by Gasteiger charge is -2.01. The normalized spacial score (nSPS) is 10.6. The summed E-state index contributed by atoms with van der Waals surface area (Å²) in [7, 11) is 0. The smallest absolute Gasteiger partial charge is 0.338 e.